The van der Waals surface area contributed by atoms with E-state index in [2.05, 4.69) is 5.32 Å². The summed E-state index contributed by atoms with van der Waals surface area (Å²) in [7, 11) is 1.63. The van der Waals surface area contributed by atoms with Crippen molar-refractivity contribution in [2.45, 2.75) is 32.9 Å². The number of aliphatic hydroxyl groups is 1. The van der Waals surface area contributed by atoms with Crippen molar-refractivity contribution in [2.24, 2.45) is 0 Å². The topological polar surface area (TPSA) is 60.0 Å². The van der Waals surface area contributed by atoms with E-state index in [9.17, 15) is 5.11 Å². The highest BCUT2D eigenvalue weighted by Crippen LogP contribution is 2.31. The van der Waals surface area contributed by atoms with Crippen LogP contribution < -0.4 is 14.8 Å². The van der Waals surface area contributed by atoms with Crippen LogP contribution in [0, 0.1) is 0 Å². The Morgan fingerprint density at radius 2 is 2.05 bits per heavy atom. The molecule has 120 valence electrons. The van der Waals surface area contributed by atoms with Gasteiger partial charge in [-0.3, -0.25) is 0 Å². The minimum absolute atomic E-state index is 0.0903. The number of nitrogens with one attached hydrogen (secondary N) is 1. The molecule has 5 nitrogen and oxygen atoms in total. The second-order valence-electron chi connectivity index (χ2n) is 4.66. The van der Waals surface area contributed by atoms with Gasteiger partial charge < -0.3 is 24.6 Å². The first-order chi connectivity index (χ1) is 10.3. The maximum atomic E-state index is 9.24. The van der Waals surface area contributed by atoms with Crippen LogP contribution in [-0.4, -0.2) is 44.7 Å². The van der Waals surface area contributed by atoms with Gasteiger partial charge in [-0.25, -0.2) is 0 Å². The van der Waals surface area contributed by atoms with E-state index in [4.69, 9.17) is 14.2 Å². The summed E-state index contributed by atoms with van der Waals surface area (Å²) in [5.41, 5.74) is 1.01. The SMILES string of the molecule is CCOCCOc1c(CNC(CC)CO)cccc1OC. The van der Waals surface area contributed by atoms with Crippen molar-refractivity contribution in [3.63, 3.8) is 0 Å². The van der Waals surface area contributed by atoms with Gasteiger partial charge >= 0.3 is 0 Å². The summed E-state index contributed by atoms with van der Waals surface area (Å²) < 4.78 is 16.5. The molecule has 0 spiro atoms. The van der Waals surface area contributed by atoms with Crippen molar-refractivity contribution in [2.75, 3.05) is 33.5 Å². The number of benzene rings is 1. The van der Waals surface area contributed by atoms with E-state index in [0.717, 1.165) is 17.7 Å². The van der Waals surface area contributed by atoms with Gasteiger partial charge in [0.25, 0.3) is 0 Å². The molecule has 0 aliphatic rings. The number of hydrogen-bond donors (Lipinski definition) is 2. The molecule has 1 unspecified atom stereocenters. The Morgan fingerprint density at radius 1 is 1.24 bits per heavy atom. The average molecular weight is 297 g/mol. The first kappa shape index (κ1) is 17.8. The van der Waals surface area contributed by atoms with Gasteiger partial charge in [-0.15, -0.1) is 0 Å². The van der Waals surface area contributed by atoms with Gasteiger partial charge in [-0.1, -0.05) is 19.1 Å². The van der Waals surface area contributed by atoms with Crippen LogP contribution in [0.25, 0.3) is 0 Å². The van der Waals surface area contributed by atoms with Gasteiger partial charge in [0.1, 0.15) is 6.61 Å². The molecule has 0 bridgehead atoms. The summed E-state index contributed by atoms with van der Waals surface area (Å²) in [5, 5.41) is 12.6. The molecule has 1 rings (SSSR count). The van der Waals surface area contributed by atoms with Crippen molar-refractivity contribution >= 4 is 0 Å². The number of aliphatic hydroxyl groups excluding tert-OH is 1. The molecule has 2 N–H and O–H groups in total. The summed E-state index contributed by atoms with van der Waals surface area (Å²) in [5.74, 6) is 1.45. The zero-order chi connectivity index (χ0) is 15.5. The molecule has 5 heteroatoms. The normalized spacial score (nSPS) is 12.2. The fourth-order valence-corrected chi connectivity index (χ4v) is 1.96. The van der Waals surface area contributed by atoms with Gasteiger partial charge in [0.15, 0.2) is 11.5 Å². The highest BCUT2D eigenvalue weighted by atomic mass is 16.5. The van der Waals surface area contributed by atoms with Gasteiger partial charge in [0.05, 0.1) is 20.3 Å². The van der Waals surface area contributed by atoms with Gasteiger partial charge in [-0.2, -0.15) is 0 Å². The molecular formula is C16H27NO4. The van der Waals surface area contributed by atoms with Crippen LogP contribution in [0.15, 0.2) is 18.2 Å². The van der Waals surface area contributed by atoms with Gasteiger partial charge in [0, 0.05) is 24.8 Å². The lowest BCUT2D eigenvalue weighted by Gasteiger charge is -2.18. The molecule has 1 atom stereocenters. The number of hydrogen-bond acceptors (Lipinski definition) is 5. The zero-order valence-electron chi connectivity index (χ0n) is 13.2. The zero-order valence-corrected chi connectivity index (χ0v) is 13.2. The summed E-state index contributed by atoms with van der Waals surface area (Å²) >= 11 is 0. The molecule has 0 heterocycles. The summed E-state index contributed by atoms with van der Waals surface area (Å²) in [6, 6.07) is 5.90. The number of ether oxygens (including phenoxy) is 3. The van der Waals surface area contributed by atoms with Crippen molar-refractivity contribution in [1.82, 2.24) is 5.32 Å². The van der Waals surface area contributed by atoms with E-state index in [1.54, 1.807) is 7.11 Å². The lowest BCUT2D eigenvalue weighted by atomic mass is 10.1. The van der Waals surface area contributed by atoms with Crippen molar-refractivity contribution < 1.29 is 19.3 Å². The van der Waals surface area contributed by atoms with Crippen LogP contribution in [0.3, 0.4) is 0 Å². The van der Waals surface area contributed by atoms with E-state index in [1.165, 1.54) is 0 Å². The highest BCUT2D eigenvalue weighted by molar-refractivity contribution is 5.46. The Kier molecular flexibility index (Phi) is 8.82. The first-order valence-corrected chi connectivity index (χ1v) is 7.47. The smallest absolute Gasteiger partial charge is 0.165 e. The lowest BCUT2D eigenvalue weighted by Crippen LogP contribution is -2.31. The largest absolute Gasteiger partial charge is 0.493 e. The van der Waals surface area contributed by atoms with Crippen LogP contribution in [-0.2, 0) is 11.3 Å². The molecule has 0 radical (unpaired) electrons. The molecule has 1 aromatic carbocycles. The predicted molar refractivity (Wildman–Crippen MR) is 83.0 cm³/mol. The minimum atomic E-state index is 0.0903. The summed E-state index contributed by atoms with van der Waals surface area (Å²) in [6.07, 6.45) is 0.876. The molecule has 0 saturated heterocycles. The number of methoxy groups -OCH3 is 1. The second kappa shape index (κ2) is 10.4. The maximum absolute atomic E-state index is 9.24. The van der Waals surface area contributed by atoms with E-state index in [1.807, 2.05) is 32.0 Å². The van der Waals surface area contributed by atoms with Crippen molar-refractivity contribution in [3.8, 4) is 11.5 Å². The monoisotopic (exact) mass is 297 g/mol. The standard InChI is InChI=1S/C16H27NO4/c1-4-14(12-18)17-11-13-7-6-8-15(19-3)16(13)21-10-9-20-5-2/h6-8,14,17-18H,4-5,9-12H2,1-3H3. The third kappa shape index (κ3) is 5.91. The quantitative estimate of drug-likeness (QED) is 0.612. The van der Waals surface area contributed by atoms with Gasteiger partial charge in [0.2, 0.25) is 0 Å². The van der Waals surface area contributed by atoms with Crippen LogP contribution >= 0.6 is 0 Å². The third-order valence-electron chi connectivity index (χ3n) is 3.25. The molecule has 0 aliphatic heterocycles. The van der Waals surface area contributed by atoms with Crippen LogP contribution in [0.2, 0.25) is 0 Å². The molecule has 1 aromatic rings. The molecule has 0 aliphatic carbocycles. The van der Waals surface area contributed by atoms with Crippen LogP contribution in [0.1, 0.15) is 25.8 Å². The average Bonchev–Trinajstić information content (AvgIpc) is 2.53. The molecule has 0 amide bonds. The van der Waals surface area contributed by atoms with Gasteiger partial charge in [-0.05, 0) is 19.4 Å². The Balaban J connectivity index is 2.71. The number of rotatable bonds is 11. The lowest BCUT2D eigenvalue weighted by molar-refractivity contribution is 0.108. The molecule has 0 saturated carbocycles. The highest BCUT2D eigenvalue weighted by Gasteiger charge is 2.12. The van der Waals surface area contributed by atoms with E-state index < -0.39 is 0 Å². The van der Waals surface area contributed by atoms with Crippen molar-refractivity contribution in [3.05, 3.63) is 23.8 Å². The Morgan fingerprint density at radius 3 is 2.67 bits per heavy atom. The van der Waals surface area contributed by atoms with Crippen LogP contribution in [0.4, 0.5) is 0 Å². The fourth-order valence-electron chi connectivity index (χ4n) is 1.96. The molecule has 21 heavy (non-hydrogen) atoms. The molecular weight excluding hydrogens is 270 g/mol. The first-order valence-electron chi connectivity index (χ1n) is 7.47. The summed E-state index contributed by atoms with van der Waals surface area (Å²) in [4.78, 5) is 0. The Labute approximate surface area is 127 Å². The predicted octanol–water partition coefficient (Wildman–Crippen LogP) is 1.97. The maximum Gasteiger partial charge on any atom is 0.165 e. The summed E-state index contributed by atoms with van der Waals surface area (Å²) in [6.45, 7) is 6.46. The van der Waals surface area contributed by atoms with E-state index >= 15 is 0 Å². The van der Waals surface area contributed by atoms with Crippen molar-refractivity contribution in [1.29, 1.82) is 0 Å². The molecule has 0 aromatic heterocycles. The van der Waals surface area contributed by atoms with E-state index in [0.29, 0.717) is 32.1 Å². The second-order valence-corrected chi connectivity index (χ2v) is 4.66. The minimum Gasteiger partial charge on any atom is -0.493 e. The molecule has 0 fully saturated rings. The third-order valence-corrected chi connectivity index (χ3v) is 3.25. The number of para-hydroxylation sites is 1. The Bertz CT molecular complexity index is 394. The Hall–Kier alpha value is -1.30. The van der Waals surface area contributed by atoms with Crippen LogP contribution in [0.5, 0.6) is 11.5 Å². The fraction of sp³-hybridized carbons (Fsp3) is 0.625. The van der Waals surface area contributed by atoms with E-state index in [-0.39, 0.29) is 12.6 Å².